The lowest BCUT2D eigenvalue weighted by Gasteiger charge is -2.22. The Morgan fingerprint density at radius 3 is 2.92 bits per heavy atom. The molecule has 1 aliphatic carbocycles. The third-order valence-corrected chi connectivity index (χ3v) is 5.01. The zero-order valence-electron chi connectivity index (χ0n) is 14.8. The van der Waals surface area contributed by atoms with E-state index in [9.17, 15) is 4.79 Å². The maximum absolute atomic E-state index is 12.2. The lowest BCUT2D eigenvalue weighted by molar-refractivity contribution is 0.0827. The molecule has 2 aromatic rings. The molecule has 1 saturated heterocycles. The summed E-state index contributed by atoms with van der Waals surface area (Å²) in [5, 5.41) is 4.23. The van der Waals surface area contributed by atoms with Crippen LogP contribution in [0.5, 0.6) is 0 Å². The van der Waals surface area contributed by atoms with Gasteiger partial charge in [-0.3, -0.25) is 9.69 Å². The van der Waals surface area contributed by atoms with Gasteiger partial charge in [-0.2, -0.15) is 4.98 Å². The van der Waals surface area contributed by atoms with Crippen LogP contribution in [0, 0.1) is 0 Å². The molecule has 2 aliphatic rings. The van der Waals surface area contributed by atoms with Gasteiger partial charge in [0.25, 0.3) is 5.91 Å². The lowest BCUT2D eigenvalue weighted by atomic mass is 10.1. The lowest BCUT2D eigenvalue weighted by Crippen LogP contribution is -2.24. The SMILES string of the molecule is CN(C)C(=O)c1cccc(CN2CCCC2c2noc(C3CC3)n2)c1. The Labute approximate surface area is 147 Å². The van der Waals surface area contributed by atoms with Crippen LogP contribution in [-0.4, -0.2) is 46.5 Å². The van der Waals surface area contributed by atoms with Crippen molar-refractivity contribution in [3.8, 4) is 0 Å². The molecule has 1 amide bonds. The molecule has 1 saturated carbocycles. The molecule has 0 bridgehead atoms. The highest BCUT2D eigenvalue weighted by Crippen LogP contribution is 2.40. The Morgan fingerprint density at radius 2 is 2.16 bits per heavy atom. The second-order valence-electron chi connectivity index (χ2n) is 7.29. The minimum Gasteiger partial charge on any atom is -0.345 e. The summed E-state index contributed by atoms with van der Waals surface area (Å²) in [6, 6.07) is 8.10. The highest BCUT2D eigenvalue weighted by molar-refractivity contribution is 5.94. The Balaban J connectivity index is 1.49. The fourth-order valence-corrected chi connectivity index (χ4v) is 3.48. The molecule has 4 rings (SSSR count). The van der Waals surface area contributed by atoms with Gasteiger partial charge in [-0.25, -0.2) is 0 Å². The average molecular weight is 340 g/mol. The molecular formula is C19H24N4O2. The Kier molecular flexibility index (Phi) is 4.29. The minimum absolute atomic E-state index is 0.0343. The van der Waals surface area contributed by atoms with E-state index >= 15 is 0 Å². The normalized spacial score (nSPS) is 20.8. The first-order valence-corrected chi connectivity index (χ1v) is 9.00. The maximum Gasteiger partial charge on any atom is 0.253 e. The summed E-state index contributed by atoms with van der Waals surface area (Å²) in [7, 11) is 3.55. The van der Waals surface area contributed by atoms with Crippen LogP contribution >= 0.6 is 0 Å². The summed E-state index contributed by atoms with van der Waals surface area (Å²) in [5.41, 5.74) is 1.87. The molecule has 6 heteroatoms. The van der Waals surface area contributed by atoms with Gasteiger partial charge in [0.05, 0.1) is 6.04 Å². The zero-order chi connectivity index (χ0) is 17.4. The standard InChI is InChI=1S/C19H24N4O2/c1-22(2)19(24)15-6-3-5-13(11-15)12-23-10-4-7-16(23)17-20-18(25-21-17)14-8-9-14/h3,5-6,11,14,16H,4,7-10,12H2,1-2H3. The number of hydrogen-bond acceptors (Lipinski definition) is 5. The number of hydrogen-bond donors (Lipinski definition) is 0. The van der Waals surface area contributed by atoms with Crippen LogP contribution in [0.3, 0.4) is 0 Å². The second-order valence-corrected chi connectivity index (χ2v) is 7.29. The topological polar surface area (TPSA) is 62.5 Å². The molecule has 2 fully saturated rings. The van der Waals surface area contributed by atoms with E-state index in [1.807, 2.05) is 18.2 Å². The van der Waals surface area contributed by atoms with Crippen molar-refractivity contribution in [2.24, 2.45) is 0 Å². The van der Waals surface area contributed by atoms with Gasteiger partial charge in [-0.05, 0) is 49.9 Å². The molecule has 1 atom stereocenters. The number of benzene rings is 1. The predicted octanol–water partition coefficient (Wildman–Crippen LogP) is 2.99. The Bertz CT molecular complexity index is 766. The van der Waals surface area contributed by atoms with Crippen molar-refractivity contribution in [1.29, 1.82) is 0 Å². The minimum atomic E-state index is 0.0343. The molecule has 6 nitrogen and oxygen atoms in total. The van der Waals surface area contributed by atoms with E-state index in [1.165, 1.54) is 12.8 Å². The highest BCUT2D eigenvalue weighted by Gasteiger charge is 2.34. The summed E-state index contributed by atoms with van der Waals surface area (Å²) in [5.74, 6) is 2.15. The fraction of sp³-hybridized carbons (Fsp3) is 0.526. The molecule has 132 valence electrons. The number of amides is 1. The van der Waals surface area contributed by atoms with Gasteiger partial charge in [0, 0.05) is 32.1 Å². The number of rotatable bonds is 5. The van der Waals surface area contributed by atoms with Gasteiger partial charge >= 0.3 is 0 Å². The van der Waals surface area contributed by atoms with Crippen molar-refractivity contribution >= 4 is 5.91 Å². The number of nitrogens with zero attached hydrogens (tertiary/aromatic N) is 4. The molecule has 1 unspecified atom stereocenters. The van der Waals surface area contributed by atoms with E-state index in [2.05, 4.69) is 21.1 Å². The molecular weight excluding hydrogens is 316 g/mol. The molecule has 2 heterocycles. The van der Waals surface area contributed by atoms with Crippen LogP contribution < -0.4 is 0 Å². The largest absolute Gasteiger partial charge is 0.345 e. The first-order chi connectivity index (χ1) is 12.1. The number of carbonyl (C=O) groups is 1. The van der Waals surface area contributed by atoms with Crippen molar-refractivity contribution in [2.75, 3.05) is 20.6 Å². The van der Waals surface area contributed by atoms with Crippen molar-refractivity contribution in [3.05, 3.63) is 47.1 Å². The van der Waals surface area contributed by atoms with E-state index in [-0.39, 0.29) is 11.9 Å². The summed E-state index contributed by atoms with van der Waals surface area (Å²) in [6.07, 6.45) is 4.53. The number of carbonyl (C=O) groups excluding carboxylic acids is 1. The second kappa shape index (κ2) is 6.59. The molecule has 1 aliphatic heterocycles. The monoisotopic (exact) mass is 340 g/mol. The van der Waals surface area contributed by atoms with Crippen LogP contribution in [-0.2, 0) is 6.54 Å². The zero-order valence-corrected chi connectivity index (χ0v) is 14.8. The van der Waals surface area contributed by atoms with Crippen molar-refractivity contribution in [3.63, 3.8) is 0 Å². The van der Waals surface area contributed by atoms with Crippen LogP contribution in [0.2, 0.25) is 0 Å². The van der Waals surface area contributed by atoms with Crippen LogP contribution in [0.1, 0.15) is 65.3 Å². The van der Waals surface area contributed by atoms with Gasteiger partial charge in [-0.1, -0.05) is 17.3 Å². The van der Waals surface area contributed by atoms with E-state index in [0.29, 0.717) is 5.92 Å². The maximum atomic E-state index is 12.2. The first-order valence-electron chi connectivity index (χ1n) is 9.00. The van der Waals surface area contributed by atoms with Gasteiger partial charge in [0.15, 0.2) is 5.82 Å². The summed E-state index contributed by atoms with van der Waals surface area (Å²) < 4.78 is 5.44. The molecule has 0 radical (unpaired) electrons. The van der Waals surface area contributed by atoms with Crippen molar-refractivity contribution < 1.29 is 9.32 Å². The van der Waals surface area contributed by atoms with Gasteiger partial charge in [0.2, 0.25) is 5.89 Å². The van der Waals surface area contributed by atoms with Gasteiger partial charge < -0.3 is 9.42 Å². The third-order valence-electron chi connectivity index (χ3n) is 5.01. The molecule has 1 aromatic heterocycles. The molecule has 0 spiro atoms. The van der Waals surface area contributed by atoms with Gasteiger partial charge in [-0.15, -0.1) is 0 Å². The van der Waals surface area contributed by atoms with Crippen molar-refractivity contribution in [1.82, 2.24) is 19.9 Å². The molecule has 25 heavy (non-hydrogen) atoms. The van der Waals surface area contributed by atoms with Gasteiger partial charge in [0.1, 0.15) is 0 Å². The number of likely N-dealkylation sites (tertiary alicyclic amines) is 1. The van der Waals surface area contributed by atoms with Crippen LogP contribution in [0.4, 0.5) is 0 Å². The quantitative estimate of drug-likeness (QED) is 0.837. The number of aromatic nitrogens is 2. The first kappa shape index (κ1) is 16.3. The van der Waals surface area contributed by atoms with E-state index in [1.54, 1.807) is 19.0 Å². The van der Waals surface area contributed by atoms with E-state index < -0.39 is 0 Å². The van der Waals surface area contributed by atoms with Crippen molar-refractivity contribution in [2.45, 2.75) is 44.2 Å². The average Bonchev–Trinajstić information content (AvgIpc) is 3.16. The van der Waals surface area contributed by atoms with Crippen LogP contribution in [0.15, 0.2) is 28.8 Å². The molecule has 0 N–H and O–H groups in total. The Morgan fingerprint density at radius 1 is 1.32 bits per heavy atom. The fourth-order valence-electron chi connectivity index (χ4n) is 3.48. The van der Waals surface area contributed by atoms with Crippen LogP contribution in [0.25, 0.3) is 0 Å². The van der Waals surface area contributed by atoms with E-state index in [4.69, 9.17) is 4.52 Å². The van der Waals surface area contributed by atoms with E-state index in [0.717, 1.165) is 48.8 Å². The molecule has 1 aromatic carbocycles. The third kappa shape index (κ3) is 3.44. The Hall–Kier alpha value is -2.21. The summed E-state index contributed by atoms with van der Waals surface area (Å²) in [6.45, 7) is 1.82. The summed E-state index contributed by atoms with van der Waals surface area (Å²) in [4.78, 5) is 20.8. The predicted molar refractivity (Wildman–Crippen MR) is 93.1 cm³/mol. The smallest absolute Gasteiger partial charge is 0.253 e. The highest BCUT2D eigenvalue weighted by atomic mass is 16.5. The summed E-state index contributed by atoms with van der Waals surface area (Å²) >= 11 is 0.